The fourth-order valence-electron chi connectivity index (χ4n) is 1.81. The minimum absolute atomic E-state index is 0.122. The maximum absolute atomic E-state index is 11.9. The van der Waals surface area contributed by atoms with E-state index in [1.165, 1.54) is 21.6 Å². The van der Waals surface area contributed by atoms with Crippen LogP contribution in [0.25, 0.3) is 0 Å². The Balaban J connectivity index is 2.21. The van der Waals surface area contributed by atoms with Gasteiger partial charge < -0.3 is 10.6 Å². The predicted molar refractivity (Wildman–Crippen MR) is 91.4 cm³/mol. The Morgan fingerprint density at radius 1 is 0.727 bits per heavy atom. The quantitative estimate of drug-likeness (QED) is 0.826. The van der Waals surface area contributed by atoms with E-state index in [1.807, 2.05) is 36.4 Å². The summed E-state index contributed by atoms with van der Waals surface area (Å²) < 4.78 is 0. The van der Waals surface area contributed by atoms with Gasteiger partial charge in [0.15, 0.2) is 0 Å². The molecule has 2 aromatic rings. The number of rotatable bonds is 5. The first-order valence-electron chi connectivity index (χ1n) is 6.64. The van der Waals surface area contributed by atoms with Gasteiger partial charge >= 0.3 is 0 Å². The van der Waals surface area contributed by atoms with Crippen LogP contribution in [0.5, 0.6) is 0 Å². The van der Waals surface area contributed by atoms with E-state index in [-0.39, 0.29) is 11.8 Å². The summed E-state index contributed by atoms with van der Waals surface area (Å²) in [4.78, 5) is 25.5. The van der Waals surface area contributed by atoms with Gasteiger partial charge in [-0.2, -0.15) is 0 Å². The van der Waals surface area contributed by atoms with Gasteiger partial charge in [0, 0.05) is 23.9 Å². The molecule has 0 atom stereocenters. The Kier molecular flexibility index (Phi) is 5.91. The molecule has 0 radical (unpaired) electrons. The second-order valence-corrected chi connectivity index (χ2v) is 6.53. The number of carbonyl (C=O) groups excluding carboxylic acids is 2. The smallest absolute Gasteiger partial charge is 0.252 e. The summed E-state index contributed by atoms with van der Waals surface area (Å²) in [5.41, 5.74) is 1.25. The van der Waals surface area contributed by atoms with Crippen LogP contribution in [-0.2, 0) is 0 Å². The van der Waals surface area contributed by atoms with E-state index in [9.17, 15) is 9.59 Å². The Bertz CT molecular complexity index is 630. The molecular weight excluding hydrogens is 316 g/mol. The molecule has 2 aromatic carbocycles. The van der Waals surface area contributed by atoms with E-state index >= 15 is 0 Å². The van der Waals surface area contributed by atoms with Gasteiger partial charge in [0.05, 0.1) is 11.1 Å². The first kappa shape index (κ1) is 16.5. The maximum Gasteiger partial charge on any atom is 0.252 e. The van der Waals surface area contributed by atoms with Crippen LogP contribution in [0.4, 0.5) is 0 Å². The normalized spacial score (nSPS) is 10.1. The summed E-state index contributed by atoms with van der Waals surface area (Å²) in [6.07, 6.45) is 0. The highest BCUT2D eigenvalue weighted by Crippen LogP contribution is 2.40. The van der Waals surface area contributed by atoms with E-state index < -0.39 is 0 Å². The topological polar surface area (TPSA) is 58.2 Å². The zero-order valence-electron chi connectivity index (χ0n) is 12.3. The molecule has 0 bridgehead atoms. The molecule has 6 heteroatoms. The van der Waals surface area contributed by atoms with Crippen molar-refractivity contribution in [1.29, 1.82) is 0 Å². The molecule has 22 heavy (non-hydrogen) atoms. The van der Waals surface area contributed by atoms with Gasteiger partial charge in [0.25, 0.3) is 11.8 Å². The standard InChI is InChI=1S/C16H16N2O2S2/c1-17-15(19)11-7-3-5-9-13(11)21-22-14-10-6-4-8-12(14)16(20)18-2/h3-10H,1-2H3,(H,17,19)(H,18,20). The second kappa shape index (κ2) is 7.91. The van der Waals surface area contributed by atoms with Gasteiger partial charge in [-0.1, -0.05) is 45.9 Å². The maximum atomic E-state index is 11.9. The highest BCUT2D eigenvalue weighted by molar-refractivity contribution is 8.76. The fourth-order valence-corrected chi connectivity index (χ4v) is 4.17. The van der Waals surface area contributed by atoms with Crippen molar-refractivity contribution in [3.8, 4) is 0 Å². The van der Waals surface area contributed by atoms with E-state index in [1.54, 1.807) is 26.2 Å². The average Bonchev–Trinajstić information content (AvgIpc) is 2.59. The summed E-state index contributed by atoms with van der Waals surface area (Å²) in [5.74, 6) is -0.244. The predicted octanol–water partition coefficient (Wildman–Crippen LogP) is 3.21. The fraction of sp³-hybridized carbons (Fsp3) is 0.125. The summed E-state index contributed by atoms with van der Waals surface area (Å²) in [7, 11) is 6.14. The van der Waals surface area contributed by atoms with Crippen LogP contribution in [0, 0.1) is 0 Å². The lowest BCUT2D eigenvalue weighted by Crippen LogP contribution is -2.18. The van der Waals surface area contributed by atoms with Crippen LogP contribution >= 0.6 is 21.6 Å². The van der Waals surface area contributed by atoms with Crippen molar-refractivity contribution in [2.45, 2.75) is 9.79 Å². The monoisotopic (exact) mass is 332 g/mol. The SMILES string of the molecule is CNC(=O)c1ccccc1SSc1ccccc1C(=O)NC. The molecule has 4 nitrogen and oxygen atoms in total. The number of amides is 2. The van der Waals surface area contributed by atoms with E-state index in [4.69, 9.17) is 0 Å². The first-order valence-corrected chi connectivity index (χ1v) is 8.79. The Morgan fingerprint density at radius 3 is 1.45 bits per heavy atom. The zero-order chi connectivity index (χ0) is 15.9. The van der Waals surface area contributed by atoms with E-state index in [0.29, 0.717) is 11.1 Å². The van der Waals surface area contributed by atoms with Crippen molar-refractivity contribution >= 4 is 33.4 Å². The summed E-state index contributed by atoms with van der Waals surface area (Å²) >= 11 is 0. The van der Waals surface area contributed by atoms with Crippen LogP contribution in [-0.4, -0.2) is 25.9 Å². The van der Waals surface area contributed by atoms with Gasteiger partial charge in [-0.3, -0.25) is 9.59 Å². The molecule has 114 valence electrons. The highest BCUT2D eigenvalue weighted by atomic mass is 33.1. The summed E-state index contributed by atoms with van der Waals surface area (Å²) in [6.45, 7) is 0. The number of benzene rings is 2. The number of hydrogen-bond acceptors (Lipinski definition) is 4. The first-order chi connectivity index (χ1) is 10.7. The molecule has 0 saturated heterocycles. The summed E-state index contributed by atoms with van der Waals surface area (Å²) in [5, 5.41) is 5.27. The van der Waals surface area contributed by atoms with Gasteiger partial charge in [-0.25, -0.2) is 0 Å². The van der Waals surface area contributed by atoms with Gasteiger partial charge in [0.1, 0.15) is 0 Å². The van der Waals surface area contributed by atoms with Crippen LogP contribution in [0.1, 0.15) is 20.7 Å². The van der Waals surface area contributed by atoms with Crippen molar-refractivity contribution in [1.82, 2.24) is 10.6 Å². The van der Waals surface area contributed by atoms with Crippen LogP contribution in [0.15, 0.2) is 58.3 Å². The average molecular weight is 332 g/mol. The third kappa shape index (κ3) is 3.84. The summed E-state index contributed by atoms with van der Waals surface area (Å²) in [6, 6.07) is 14.8. The van der Waals surface area contributed by atoms with Crippen LogP contribution in [0.2, 0.25) is 0 Å². The lowest BCUT2D eigenvalue weighted by atomic mass is 10.2. The zero-order valence-corrected chi connectivity index (χ0v) is 13.9. The van der Waals surface area contributed by atoms with Crippen LogP contribution in [0.3, 0.4) is 0 Å². The van der Waals surface area contributed by atoms with Gasteiger partial charge in [-0.15, -0.1) is 0 Å². The molecule has 0 heterocycles. The minimum atomic E-state index is -0.122. The third-order valence-corrected chi connectivity index (χ3v) is 5.42. The van der Waals surface area contributed by atoms with Crippen molar-refractivity contribution in [3.05, 3.63) is 59.7 Å². The molecule has 0 aliphatic rings. The number of hydrogen-bond donors (Lipinski definition) is 2. The Morgan fingerprint density at radius 2 is 1.09 bits per heavy atom. The van der Waals surface area contributed by atoms with Gasteiger partial charge in [-0.05, 0) is 24.3 Å². The van der Waals surface area contributed by atoms with Crippen molar-refractivity contribution in [2.75, 3.05) is 14.1 Å². The molecule has 0 aromatic heterocycles. The lowest BCUT2D eigenvalue weighted by Gasteiger charge is -2.09. The Labute approximate surface area is 137 Å². The molecule has 0 saturated carbocycles. The van der Waals surface area contributed by atoms with E-state index in [2.05, 4.69) is 10.6 Å². The molecule has 2 rings (SSSR count). The molecule has 0 aliphatic carbocycles. The lowest BCUT2D eigenvalue weighted by molar-refractivity contribution is 0.0952. The number of carbonyl (C=O) groups is 2. The van der Waals surface area contributed by atoms with Gasteiger partial charge in [0.2, 0.25) is 0 Å². The Hall–Kier alpha value is -1.92. The van der Waals surface area contributed by atoms with Crippen molar-refractivity contribution in [3.63, 3.8) is 0 Å². The van der Waals surface area contributed by atoms with Crippen molar-refractivity contribution < 1.29 is 9.59 Å². The molecule has 0 aliphatic heterocycles. The molecule has 0 fully saturated rings. The van der Waals surface area contributed by atoms with E-state index in [0.717, 1.165) is 9.79 Å². The van der Waals surface area contributed by atoms with Crippen LogP contribution < -0.4 is 10.6 Å². The molecule has 2 N–H and O–H groups in total. The largest absolute Gasteiger partial charge is 0.355 e. The van der Waals surface area contributed by atoms with Crippen molar-refractivity contribution in [2.24, 2.45) is 0 Å². The second-order valence-electron chi connectivity index (χ2n) is 4.32. The minimum Gasteiger partial charge on any atom is -0.355 e. The highest BCUT2D eigenvalue weighted by Gasteiger charge is 2.13. The number of nitrogens with one attached hydrogen (secondary N) is 2. The molecule has 0 spiro atoms. The molecular formula is C16H16N2O2S2. The molecule has 2 amide bonds. The molecule has 0 unspecified atom stereocenters. The third-order valence-electron chi connectivity index (χ3n) is 2.94.